The second-order valence-electron chi connectivity index (χ2n) is 2.88. The average molecular weight is 243 g/mol. The summed E-state index contributed by atoms with van der Waals surface area (Å²) in [4.78, 5) is 2.64. The van der Waals surface area contributed by atoms with Gasteiger partial charge in [-0.1, -0.05) is 39.0 Å². The highest BCUT2D eigenvalue weighted by Gasteiger charge is 2.01. The zero-order valence-corrected chi connectivity index (χ0v) is 11.5. The van der Waals surface area contributed by atoms with Gasteiger partial charge in [-0.05, 0) is 37.1 Å². The Kier molecular flexibility index (Phi) is 7.45. The van der Waals surface area contributed by atoms with E-state index in [1.54, 1.807) is 11.3 Å². The smallest absolute Gasteiger partial charge is 0.0334 e. The molecular weight excluding hydrogens is 224 g/mol. The van der Waals surface area contributed by atoms with Crippen LogP contribution < -0.4 is 0 Å². The Balaban J connectivity index is 0.000000921. The van der Waals surface area contributed by atoms with E-state index in [4.69, 9.17) is 11.6 Å². The number of hydrogen-bond donors (Lipinski definition) is 0. The van der Waals surface area contributed by atoms with Gasteiger partial charge >= 0.3 is 0 Å². The lowest BCUT2D eigenvalue weighted by atomic mass is 10.2. The van der Waals surface area contributed by atoms with Gasteiger partial charge in [-0.25, -0.2) is 0 Å². The van der Waals surface area contributed by atoms with Gasteiger partial charge in [-0.2, -0.15) is 0 Å². The molecule has 15 heavy (non-hydrogen) atoms. The lowest BCUT2D eigenvalue weighted by molar-refractivity contribution is 1.15. The van der Waals surface area contributed by atoms with Gasteiger partial charge in [0.2, 0.25) is 0 Å². The number of allylic oxidation sites excluding steroid dienone is 2. The van der Waals surface area contributed by atoms with Crippen LogP contribution in [0.15, 0.2) is 23.8 Å². The molecule has 0 saturated carbocycles. The van der Waals surface area contributed by atoms with Crippen LogP contribution in [0, 0.1) is 6.92 Å². The molecule has 0 amide bonds. The van der Waals surface area contributed by atoms with E-state index in [1.165, 1.54) is 15.3 Å². The Bertz CT molecular complexity index is 334. The second-order valence-corrected chi connectivity index (χ2v) is 4.65. The van der Waals surface area contributed by atoms with E-state index in [1.807, 2.05) is 26.0 Å². The second kappa shape index (κ2) is 7.72. The molecule has 0 fully saturated rings. The molecule has 1 aromatic heterocycles. The molecule has 0 N–H and O–H groups in total. The molecule has 0 atom stereocenters. The first-order valence-electron chi connectivity index (χ1n) is 5.25. The minimum Gasteiger partial charge on any atom is -0.141 e. The maximum absolute atomic E-state index is 5.65. The van der Waals surface area contributed by atoms with Crippen LogP contribution in [0.1, 0.15) is 36.1 Å². The quantitative estimate of drug-likeness (QED) is 0.622. The number of hydrogen-bond acceptors (Lipinski definition) is 1. The summed E-state index contributed by atoms with van der Waals surface area (Å²) in [6, 6.07) is 2.22. The van der Waals surface area contributed by atoms with Crippen LogP contribution in [-0.2, 0) is 6.42 Å². The van der Waals surface area contributed by atoms with Crippen LogP contribution in [0.4, 0.5) is 0 Å². The van der Waals surface area contributed by atoms with Crippen molar-refractivity contribution in [3.05, 3.63) is 39.1 Å². The molecule has 2 heteroatoms. The maximum atomic E-state index is 5.65. The SMILES string of the molecule is C=C(Cl)/C=C\c1sc(C)cc1CC.CC. The number of aryl methyl sites for hydroxylation is 2. The summed E-state index contributed by atoms with van der Waals surface area (Å²) in [5.74, 6) is 0. The molecule has 0 bridgehead atoms. The van der Waals surface area contributed by atoms with Gasteiger partial charge in [0.05, 0.1) is 0 Å². The first kappa shape index (κ1) is 14.5. The first-order valence-corrected chi connectivity index (χ1v) is 6.44. The van der Waals surface area contributed by atoms with Crippen molar-refractivity contribution < 1.29 is 0 Å². The van der Waals surface area contributed by atoms with Gasteiger partial charge in [0, 0.05) is 14.8 Å². The Labute approximate surface area is 102 Å². The van der Waals surface area contributed by atoms with Crippen molar-refractivity contribution in [1.82, 2.24) is 0 Å². The monoisotopic (exact) mass is 242 g/mol. The van der Waals surface area contributed by atoms with E-state index in [0.717, 1.165) is 6.42 Å². The van der Waals surface area contributed by atoms with Crippen LogP contribution in [0.5, 0.6) is 0 Å². The zero-order chi connectivity index (χ0) is 11.8. The summed E-state index contributed by atoms with van der Waals surface area (Å²) < 4.78 is 0. The van der Waals surface area contributed by atoms with Crippen molar-refractivity contribution in [3.63, 3.8) is 0 Å². The van der Waals surface area contributed by atoms with Gasteiger partial charge < -0.3 is 0 Å². The van der Waals surface area contributed by atoms with Crippen LogP contribution in [0.25, 0.3) is 6.08 Å². The zero-order valence-electron chi connectivity index (χ0n) is 9.93. The molecule has 0 saturated heterocycles. The van der Waals surface area contributed by atoms with E-state index < -0.39 is 0 Å². The van der Waals surface area contributed by atoms with E-state index in [9.17, 15) is 0 Å². The Hall–Kier alpha value is -0.530. The summed E-state index contributed by atoms with van der Waals surface area (Å²) >= 11 is 7.45. The first-order chi connectivity index (χ1) is 7.13. The summed E-state index contributed by atoms with van der Waals surface area (Å²) in [6.07, 6.45) is 4.94. The third-order valence-electron chi connectivity index (χ3n) is 1.76. The summed E-state index contributed by atoms with van der Waals surface area (Å²) in [7, 11) is 0. The maximum Gasteiger partial charge on any atom is 0.0334 e. The number of thiophene rings is 1. The third kappa shape index (κ3) is 5.19. The van der Waals surface area contributed by atoms with Crippen LogP contribution >= 0.6 is 22.9 Å². The molecule has 0 unspecified atom stereocenters. The topological polar surface area (TPSA) is 0 Å². The van der Waals surface area contributed by atoms with Gasteiger partial charge in [0.15, 0.2) is 0 Å². The largest absolute Gasteiger partial charge is 0.141 e. The minimum atomic E-state index is 0.577. The fourth-order valence-corrected chi connectivity index (χ4v) is 2.25. The van der Waals surface area contributed by atoms with Gasteiger partial charge in [-0.15, -0.1) is 11.3 Å². The summed E-state index contributed by atoms with van der Waals surface area (Å²) in [5.41, 5.74) is 1.39. The standard InChI is InChI=1S/C11H13ClS.C2H6/c1-4-10-7-9(3)13-11(10)6-5-8(2)12;1-2/h5-7H,2,4H2,1,3H3;1-2H3/b6-5-;. The lowest BCUT2D eigenvalue weighted by Gasteiger charge is -1.92. The molecule has 1 heterocycles. The van der Waals surface area contributed by atoms with Crippen LogP contribution in [0.2, 0.25) is 0 Å². The summed E-state index contributed by atoms with van der Waals surface area (Å²) in [6.45, 7) is 11.9. The van der Waals surface area contributed by atoms with Crippen LogP contribution in [-0.4, -0.2) is 0 Å². The molecule has 1 rings (SSSR count). The predicted octanol–water partition coefficient (Wildman–Crippen LogP) is 5.41. The third-order valence-corrected chi connectivity index (χ3v) is 2.95. The molecule has 0 nitrogen and oxygen atoms in total. The number of halogens is 1. The molecule has 0 radical (unpaired) electrons. The Morgan fingerprint density at radius 1 is 1.53 bits per heavy atom. The molecule has 0 aliphatic heterocycles. The van der Waals surface area contributed by atoms with Crippen molar-refractivity contribution in [2.45, 2.75) is 34.1 Å². The fourth-order valence-electron chi connectivity index (χ4n) is 1.17. The minimum absolute atomic E-state index is 0.577. The highest BCUT2D eigenvalue weighted by atomic mass is 35.5. The molecule has 84 valence electrons. The van der Waals surface area contributed by atoms with Crippen molar-refractivity contribution in [2.75, 3.05) is 0 Å². The average Bonchev–Trinajstić information content (AvgIpc) is 2.59. The molecular formula is C13H19ClS. The Morgan fingerprint density at radius 3 is 2.60 bits per heavy atom. The highest BCUT2D eigenvalue weighted by molar-refractivity contribution is 7.13. The lowest BCUT2D eigenvalue weighted by Crippen LogP contribution is -1.76. The van der Waals surface area contributed by atoms with Crippen molar-refractivity contribution in [1.29, 1.82) is 0 Å². The van der Waals surface area contributed by atoms with E-state index >= 15 is 0 Å². The van der Waals surface area contributed by atoms with E-state index in [2.05, 4.69) is 26.5 Å². The predicted molar refractivity (Wildman–Crippen MR) is 73.8 cm³/mol. The normalized spacial score (nSPS) is 9.93. The fraction of sp³-hybridized carbons (Fsp3) is 0.385. The molecule has 1 aromatic rings. The highest BCUT2D eigenvalue weighted by Crippen LogP contribution is 2.24. The molecule has 0 aliphatic carbocycles. The molecule has 0 aliphatic rings. The summed E-state index contributed by atoms with van der Waals surface area (Å²) in [5, 5.41) is 0.577. The van der Waals surface area contributed by atoms with Crippen LogP contribution in [0.3, 0.4) is 0 Å². The molecule has 0 spiro atoms. The van der Waals surface area contributed by atoms with Gasteiger partial charge in [-0.3, -0.25) is 0 Å². The van der Waals surface area contributed by atoms with Crippen molar-refractivity contribution >= 4 is 29.0 Å². The van der Waals surface area contributed by atoms with E-state index in [-0.39, 0.29) is 0 Å². The van der Waals surface area contributed by atoms with Crippen molar-refractivity contribution in [3.8, 4) is 0 Å². The van der Waals surface area contributed by atoms with Crippen molar-refractivity contribution in [2.24, 2.45) is 0 Å². The molecule has 0 aromatic carbocycles. The Morgan fingerprint density at radius 2 is 2.13 bits per heavy atom. The van der Waals surface area contributed by atoms with Gasteiger partial charge in [0.1, 0.15) is 0 Å². The van der Waals surface area contributed by atoms with E-state index in [0.29, 0.717) is 5.03 Å². The number of rotatable bonds is 3. The van der Waals surface area contributed by atoms with Gasteiger partial charge in [0.25, 0.3) is 0 Å².